The van der Waals surface area contributed by atoms with Gasteiger partial charge in [-0.1, -0.05) is 6.07 Å². The number of rotatable bonds is 4. The van der Waals surface area contributed by atoms with E-state index in [2.05, 4.69) is 20.5 Å². The van der Waals surface area contributed by atoms with Crippen LogP contribution in [-0.4, -0.2) is 40.1 Å². The lowest BCUT2D eigenvalue weighted by atomic mass is 10.2. The van der Waals surface area contributed by atoms with Gasteiger partial charge in [0.05, 0.1) is 18.5 Å². The second kappa shape index (κ2) is 5.94. The number of pyridine rings is 1. The van der Waals surface area contributed by atoms with Crippen molar-refractivity contribution >= 4 is 27.8 Å². The number of fused-ring (bicyclic) bond motifs is 1. The normalized spacial score (nSPS) is 15.0. The predicted molar refractivity (Wildman–Crippen MR) is 84.6 cm³/mol. The number of aromatic amines is 1. The van der Waals surface area contributed by atoms with Crippen LogP contribution in [0, 0.1) is 0 Å². The monoisotopic (exact) mass is 333 g/mol. The predicted octanol–water partition coefficient (Wildman–Crippen LogP) is 0.732. The van der Waals surface area contributed by atoms with Crippen molar-refractivity contribution in [2.24, 2.45) is 0 Å². The van der Waals surface area contributed by atoms with Crippen molar-refractivity contribution in [3.63, 3.8) is 0 Å². The van der Waals surface area contributed by atoms with E-state index >= 15 is 0 Å². The van der Waals surface area contributed by atoms with Crippen molar-refractivity contribution in [2.75, 3.05) is 11.6 Å². The summed E-state index contributed by atoms with van der Waals surface area (Å²) < 4.78 is 24.5. The maximum atomic E-state index is 12.0. The third-order valence-electron chi connectivity index (χ3n) is 3.44. The molecule has 23 heavy (non-hydrogen) atoms. The third-order valence-corrected chi connectivity index (χ3v) is 4.64. The van der Waals surface area contributed by atoms with Crippen LogP contribution in [0.4, 0.5) is 5.82 Å². The molecular formula is C14H15N5O3S. The number of sulfonamides is 1. The zero-order valence-electron chi connectivity index (χ0n) is 12.4. The van der Waals surface area contributed by atoms with Gasteiger partial charge in [-0.05, 0) is 17.7 Å². The molecule has 120 valence electrons. The molecule has 3 heterocycles. The summed E-state index contributed by atoms with van der Waals surface area (Å²) in [5, 5.41) is 9.44. The van der Waals surface area contributed by atoms with E-state index < -0.39 is 10.0 Å². The van der Waals surface area contributed by atoms with Crippen LogP contribution >= 0.6 is 0 Å². The molecule has 2 aromatic rings. The molecule has 1 aliphatic heterocycles. The zero-order valence-corrected chi connectivity index (χ0v) is 13.2. The van der Waals surface area contributed by atoms with Gasteiger partial charge in [0, 0.05) is 30.6 Å². The van der Waals surface area contributed by atoms with E-state index in [1.165, 1.54) is 10.4 Å². The van der Waals surface area contributed by atoms with Gasteiger partial charge in [-0.3, -0.25) is 14.9 Å². The highest BCUT2D eigenvalue weighted by Crippen LogP contribution is 2.28. The van der Waals surface area contributed by atoms with Gasteiger partial charge >= 0.3 is 0 Å². The van der Waals surface area contributed by atoms with E-state index in [0.717, 1.165) is 11.8 Å². The van der Waals surface area contributed by atoms with Gasteiger partial charge in [0.2, 0.25) is 15.9 Å². The second-order valence-corrected chi connectivity index (χ2v) is 7.15. The molecule has 8 nitrogen and oxygen atoms in total. The van der Waals surface area contributed by atoms with Gasteiger partial charge < -0.3 is 5.32 Å². The molecule has 1 aliphatic rings. The number of nitrogens with one attached hydrogen (secondary N) is 2. The summed E-state index contributed by atoms with van der Waals surface area (Å²) in [5.41, 5.74) is 2.19. The van der Waals surface area contributed by atoms with Crippen molar-refractivity contribution < 1.29 is 13.2 Å². The lowest BCUT2D eigenvalue weighted by molar-refractivity contribution is -0.111. The fourth-order valence-electron chi connectivity index (χ4n) is 2.25. The molecule has 0 fully saturated rings. The van der Waals surface area contributed by atoms with E-state index in [4.69, 9.17) is 0 Å². The van der Waals surface area contributed by atoms with Gasteiger partial charge in [0.15, 0.2) is 5.82 Å². The Balaban J connectivity index is 1.69. The van der Waals surface area contributed by atoms with Crippen molar-refractivity contribution in [3.8, 4) is 0 Å². The summed E-state index contributed by atoms with van der Waals surface area (Å²) in [7, 11) is -3.28. The van der Waals surface area contributed by atoms with Crippen LogP contribution in [0.1, 0.15) is 16.8 Å². The first-order valence-corrected chi connectivity index (χ1v) is 8.68. The Morgan fingerprint density at radius 1 is 1.43 bits per heavy atom. The maximum absolute atomic E-state index is 12.0. The number of hydrogen-bond donors (Lipinski definition) is 2. The molecule has 2 N–H and O–H groups in total. The molecule has 1 amide bonds. The molecule has 0 radical (unpaired) electrons. The lowest BCUT2D eigenvalue weighted by Gasteiger charge is -2.11. The Labute approximate surface area is 133 Å². The molecule has 3 rings (SSSR count). The average molecular weight is 333 g/mol. The third kappa shape index (κ3) is 3.46. The minimum atomic E-state index is -3.28. The molecular weight excluding hydrogens is 318 g/mol. The number of hydrogen-bond acceptors (Lipinski definition) is 5. The van der Waals surface area contributed by atoms with E-state index in [1.54, 1.807) is 24.5 Å². The number of aromatic nitrogens is 3. The number of carbonyl (C=O) groups excluding carboxylic acids is 1. The zero-order chi connectivity index (χ0) is 16.4. The van der Waals surface area contributed by atoms with E-state index in [0.29, 0.717) is 17.1 Å². The second-order valence-electron chi connectivity index (χ2n) is 5.17. The smallest absolute Gasteiger partial charge is 0.249 e. The van der Waals surface area contributed by atoms with Crippen LogP contribution < -0.4 is 5.32 Å². The summed E-state index contributed by atoms with van der Waals surface area (Å²) in [4.78, 5) is 15.9. The lowest BCUT2D eigenvalue weighted by Crippen LogP contribution is -2.24. The van der Waals surface area contributed by atoms with Crippen molar-refractivity contribution in [1.29, 1.82) is 0 Å². The minimum Gasteiger partial charge on any atom is -0.305 e. The first-order chi connectivity index (χ1) is 10.9. The first-order valence-electron chi connectivity index (χ1n) is 6.84. The van der Waals surface area contributed by atoms with Crippen LogP contribution in [0.5, 0.6) is 0 Å². The minimum absolute atomic E-state index is 0.201. The molecule has 0 atom stereocenters. The molecule has 9 heteroatoms. The summed E-state index contributed by atoms with van der Waals surface area (Å²) >= 11 is 0. The molecule has 0 saturated heterocycles. The molecule has 0 unspecified atom stereocenters. The molecule has 0 spiro atoms. The highest BCUT2D eigenvalue weighted by atomic mass is 32.2. The van der Waals surface area contributed by atoms with Crippen molar-refractivity contribution in [1.82, 2.24) is 19.5 Å². The van der Waals surface area contributed by atoms with Crippen LogP contribution in [0.25, 0.3) is 6.08 Å². The molecule has 0 aromatic carbocycles. The summed E-state index contributed by atoms with van der Waals surface area (Å²) in [6.07, 6.45) is 7.46. The van der Waals surface area contributed by atoms with Gasteiger partial charge in [0.25, 0.3) is 0 Å². The summed E-state index contributed by atoms with van der Waals surface area (Å²) in [6.45, 7) is 0.440. The number of H-pyrrole nitrogens is 1. The fraction of sp³-hybridized carbons (Fsp3) is 0.214. The van der Waals surface area contributed by atoms with E-state index in [-0.39, 0.29) is 19.0 Å². The highest BCUT2D eigenvalue weighted by Gasteiger charge is 2.30. The van der Waals surface area contributed by atoms with Gasteiger partial charge in [0.1, 0.15) is 0 Å². The van der Waals surface area contributed by atoms with Crippen LogP contribution in [0.2, 0.25) is 0 Å². The van der Waals surface area contributed by atoms with E-state index in [9.17, 15) is 13.2 Å². The topological polar surface area (TPSA) is 108 Å². The van der Waals surface area contributed by atoms with Crippen LogP contribution in [0.15, 0.2) is 30.6 Å². The molecule has 0 bridgehead atoms. The van der Waals surface area contributed by atoms with Crippen molar-refractivity contribution in [3.05, 3.63) is 47.4 Å². The fourth-order valence-corrected chi connectivity index (χ4v) is 2.98. The van der Waals surface area contributed by atoms with Crippen molar-refractivity contribution in [2.45, 2.75) is 13.1 Å². The van der Waals surface area contributed by atoms with Gasteiger partial charge in [-0.2, -0.15) is 9.40 Å². The van der Waals surface area contributed by atoms with Crippen LogP contribution in [0.3, 0.4) is 0 Å². The Morgan fingerprint density at radius 2 is 2.26 bits per heavy atom. The number of carbonyl (C=O) groups is 1. The Hall–Kier alpha value is -2.52. The van der Waals surface area contributed by atoms with Gasteiger partial charge in [-0.25, -0.2) is 8.42 Å². The SMILES string of the molecule is CS(=O)(=O)N1Cc2[nH]nc(NC(=O)C=Cc3cccnc3)c2C1. The van der Waals surface area contributed by atoms with Crippen LogP contribution in [-0.2, 0) is 27.9 Å². The molecule has 2 aromatic heterocycles. The number of amides is 1. The number of anilines is 1. The van der Waals surface area contributed by atoms with Gasteiger partial charge in [-0.15, -0.1) is 0 Å². The summed E-state index contributed by atoms with van der Waals surface area (Å²) in [5.74, 6) is 0.00736. The Bertz CT molecular complexity index is 858. The number of nitrogens with zero attached hydrogens (tertiary/aromatic N) is 3. The Morgan fingerprint density at radius 3 is 2.96 bits per heavy atom. The highest BCUT2D eigenvalue weighted by molar-refractivity contribution is 7.88. The van der Waals surface area contributed by atoms with E-state index in [1.807, 2.05) is 6.07 Å². The average Bonchev–Trinajstić information content (AvgIpc) is 3.08. The standard InChI is InChI=1S/C14H15N5O3S/c1-23(21,22)19-8-11-12(9-19)17-18-14(11)16-13(20)5-4-10-3-2-6-15-7-10/h2-7H,8-9H2,1H3,(H2,16,17,18,20). The Kier molecular flexibility index (Phi) is 3.97. The largest absolute Gasteiger partial charge is 0.305 e. The first kappa shape index (κ1) is 15.4. The molecule has 0 saturated carbocycles. The summed E-state index contributed by atoms with van der Waals surface area (Å²) in [6, 6.07) is 3.60. The molecule has 0 aliphatic carbocycles. The maximum Gasteiger partial charge on any atom is 0.249 e. The quantitative estimate of drug-likeness (QED) is 0.802.